The number of nitrogens with two attached hydrogens (primary N) is 1. The van der Waals surface area contributed by atoms with Crippen molar-refractivity contribution < 1.29 is 4.74 Å². The Morgan fingerprint density at radius 1 is 1.25 bits per heavy atom. The van der Waals surface area contributed by atoms with E-state index in [1.165, 1.54) is 22.3 Å². The second-order valence-corrected chi connectivity index (χ2v) is 4.09. The number of benzene rings is 1. The smallest absolute Gasteiger partial charge is 0.124 e. The lowest BCUT2D eigenvalue weighted by Crippen LogP contribution is -2.24. The topological polar surface area (TPSA) is 47.3 Å². The molecule has 0 spiro atoms. The Hall–Kier alpha value is -1.06. The Bertz CT molecular complexity index is 361. The van der Waals surface area contributed by atoms with Gasteiger partial charge in [0.25, 0.3) is 0 Å². The first kappa shape index (κ1) is 13.0. The van der Waals surface area contributed by atoms with Crippen LogP contribution in [-0.2, 0) is 6.42 Å². The predicted molar refractivity (Wildman–Crippen MR) is 68.0 cm³/mol. The molecule has 0 aliphatic carbocycles. The molecule has 0 heterocycles. The maximum Gasteiger partial charge on any atom is 0.124 e. The van der Waals surface area contributed by atoms with Crippen LogP contribution in [0.5, 0.6) is 5.75 Å². The molecule has 3 nitrogen and oxygen atoms in total. The van der Waals surface area contributed by atoms with Gasteiger partial charge < -0.3 is 15.8 Å². The van der Waals surface area contributed by atoms with Crippen LogP contribution in [0.15, 0.2) is 6.07 Å². The molecule has 16 heavy (non-hydrogen) atoms. The molecule has 3 heteroatoms. The van der Waals surface area contributed by atoms with Gasteiger partial charge in [0, 0.05) is 13.2 Å². The third-order valence-electron chi connectivity index (χ3n) is 3.05. The van der Waals surface area contributed by atoms with E-state index in [-0.39, 0.29) is 0 Å². The van der Waals surface area contributed by atoms with E-state index in [1.54, 1.807) is 7.11 Å². The molecule has 0 unspecified atom stereocenters. The first-order chi connectivity index (χ1) is 7.61. The van der Waals surface area contributed by atoms with Gasteiger partial charge in [-0.1, -0.05) is 6.07 Å². The lowest BCUT2D eigenvalue weighted by molar-refractivity contribution is 0.408. The van der Waals surface area contributed by atoms with E-state index in [4.69, 9.17) is 10.5 Å². The van der Waals surface area contributed by atoms with Crippen LogP contribution in [0.1, 0.15) is 22.3 Å². The van der Waals surface area contributed by atoms with Gasteiger partial charge in [0.1, 0.15) is 5.75 Å². The summed E-state index contributed by atoms with van der Waals surface area (Å²) < 4.78 is 5.40. The van der Waals surface area contributed by atoms with Gasteiger partial charge in [-0.2, -0.15) is 0 Å². The molecule has 0 atom stereocenters. The molecule has 0 radical (unpaired) electrons. The quantitative estimate of drug-likeness (QED) is 0.588. The summed E-state index contributed by atoms with van der Waals surface area (Å²) in [5.74, 6) is 1.01. The van der Waals surface area contributed by atoms with Gasteiger partial charge in [-0.05, 0) is 49.4 Å². The van der Waals surface area contributed by atoms with E-state index < -0.39 is 0 Å². The highest BCUT2D eigenvalue weighted by Gasteiger charge is 2.09. The maximum absolute atomic E-state index is 5.41. The normalized spacial score (nSPS) is 10.6. The minimum atomic E-state index is 0.535. The van der Waals surface area contributed by atoms with Gasteiger partial charge in [0.05, 0.1) is 7.11 Å². The molecule has 3 N–H and O–H groups in total. The molecule has 0 saturated carbocycles. The maximum atomic E-state index is 5.41. The van der Waals surface area contributed by atoms with Crippen molar-refractivity contribution in [3.8, 4) is 5.75 Å². The van der Waals surface area contributed by atoms with Gasteiger partial charge in [0.15, 0.2) is 0 Å². The Morgan fingerprint density at radius 2 is 1.94 bits per heavy atom. The molecular weight excluding hydrogens is 200 g/mol. The van der Waals surface area contributed by atoms with Crippen LogP contribution in [0.4, 0.5) is 0 Å². The first-order valence-electron chi connectivity index (χ1n) is 5.66. The largest absolute Gasteiger partial charge is 0.496 e. The summed E-state index contributed by atoms with van der Waals surface area (Å²) in [5, 5.41) is 3.14. The molecule has 1 aromatic rings. The number of methoxy groups -OCH3 is 1. The summed E-state index contributed by atoms with van der Waals surface area (Å²) in [6.45, 7) is 7.80. The molecule has 0 aliphatic heterocycles. The van der Waals surface area contributed by atoms with Crippen LogP contribution in [0.3, 0.4) is 0 Å². The second-order valence-electron chi connectivity index (χ2n) is 4.09. The van der Waals surface area contributed by atoms with Gasteiger partial charge in [-0.3, -0.25) is 0 Å². The van der Waals surface area contributed by atoms with Crippen LogP contribution in [-0.4, -0.2) is 20.3 Å². The lowest BCUT2D eigenvalue weighted by Gasteiger charge is -2.15. The summed E-state index contributed by atoms with van der Waals surface area (Å²) >= 11 is 0. The molecule has 0 fully saturated rings. The zero-order valence-corrected chi connectivity index (χ0v) is 10.7. The molecule has 1 rings (SSSR count). The standard InChI is InChI=1S/C13H22N2O/c1-9-7-12(5-6-15-8-14)10(2)11(3)13(9)16-4/h7,15H,5-6,8,14H2,1-4H3. The van der Waals surface area contributed by atoms with E-state index in [1.807, 2.05) is 0 Å². The minimum Gasteiger partial charge on any atom is -0.496 e. The van der Waals surface area contributed by atoms with Crippen molar-refractivity contribution in [1.82, 2.24) is 5.32 Å². The molecule has 90 valence electrons. The molecular formula is C13H22N2O. The summed E-state index contributed by atoms with van der Waals surface area (Å²) in [5.41, 5.74) is 10.5. The van der Waals surface area contributed by atoms with Crippen molar-refractivity contribution in [2.24, 2.45) is 5.73 Å². The lowest BCUT2D eigenvalue weighted by atomic mass is 9.96. The molecule has 0 bridgehead atoms. The van der Waals surface area contributed by atoms with Crippen molar-refractivity contribution in [3.63, 3.8) is 0 Å². The van der Waals surface area contributed by atoms with E-state index >= 15 is 0 Å². The van der Waals surface area contributed by atoms with Gasteiger partial charge in [-0.25, -0.2) is 0 Å². The fourth-order valence-electron chi connectivity index (χ4n) is 2.04. The summed E-state index contributed by atoms with van der Waals surface area (Å²) in [6, 6.07) is 2.21. The summed E-state index contributed by atoms with van der Waals surface area (Å²) in [6.07, 6.45) is 1.01. The van der Waals surface area contributed by atoms with Crippen molar-refractivity contribution in [1.29, 1.82) is 0 Å². The Kier molecular flexibility index (Phi) is 4.77. The van der Waals surface area contributed by atoms with Crippen molar-refractivity contribution in [2.75, 3.05) is 20.3 Å². The van der Waals surface area contributed by atoms with Gasteiger partial charge >= 0.3 is 0 Å². The average Bonchev–Trinajstić information content (AvgIpc) is 2.26. The molecule has 0 aromatic heterocycles. The van der Waals surface area contributed by atoms with Crippen molar-refractivity contribution in [2.45, 2.75) is 27.2 Å². The monoisotopic (exact) mass is 222 g/mol. The van der Waals surface area contributed by atoms with Crippen LogP contribution >= 0.6 is 0 Å². The fraction of sp³-hybridized carbons (Fsp3) is 0.538. The SMILES string of the molecule is COc1c(C)cc(CCNCN)c(C)c1C. The summed E-state index contributed by atoms with van der Waals surface area (Å²) in [7, 11) is 1.73. The van der Waals surface area contributed by atoms with Crippen LogP contribution < -0.4 is 15.8 Å². The number of nitrogens with one attached hydrogen (secondary N) is 1. The number of hydrogen-bond donors (Lipinski definition) is 2. The van der Waals surface area contributed by atoms with E-state index in [2.05, 4.69) is 32.2 Å². The van der Waals surface area contributed by atoms with Crippen molar-refractivity contribution >= 4 is 0 Å². The second kappa shape index (κ2) is 5.87. The fourth-order valence-corrected chi connectivity index (χ4v) is 2.04. The van der Waals surface area contributed by atoms with Crippen molar-refractivity contribution in [3.05, 3.63) is 28.3 Å². The van der Waals surface area contributed by atoms with Gasteiger partial charge in [-0.15, -0.1) is 0 Å². The number of aryl methyl sites for hydroxylation is 1. The van der Waals surface area contributed by atoms with Crippen LogP contribution in [0.2, 0.25) is 0 Å². The first-order valence-corrected chi connectivity index (χ1v) is 5.66. The highest BCUT2D eigenvalue weighted by molar-refractivity contribution is 5.49. The van der Waals surface area contributed by atoms with Gasteiger partial charge in [0.2, 0.25) is 0 Å². The summed E-state index contributed by atoms with van der Waals surface area (Å²) in [4.78, 5) is 0. The number of rotatable bonds is 5. The molecule has 0 amide bonds. The molecule has 1 aromatic carbocycles. The zero-order chi connectivity index (χ0) is 12.1. The number of hydrogen-bond acceptors (Lipinski definition) is 3. The van der Waals surface area contributed by atoms with Crippen LogP contribution in [0, 0.1) is 20.8 Å². The third-order valence-corrected chi connectivity index (χ3v) is 3.05. The number of ether oxygens (including phenoxy) is 1. The highest BCUT2D eigenvalue weighted by atomic mass is 16.5. The zero-order valence-electron chi connectivity index (χ0n) is 10.7. The Morgan fingerprint density at radius 3 is 2.50 bits per heavy atom. The molecule has 0 aliphatic rings. The minimum absolute atomic E-state index is 0.535. The van der Waals surface area contributed by atoms with E-state index in [0.29, 0.717) is 6.67 Å². The average molecular weight is 222 g/mol. The van der Waals surface area contributed by atoms with Crippen LogP contribution in [0.25, 0.3) is 0 Å². The predicted octanol–water partition coefficient (Wildman–Crippen LogP) is 1.67. The highest BCUT2D eigenvalue weighted by Crippen LogP contribution is 2.28. The molecule has 0 saturated heterocycles. The van der Waals surface area contributed by atoms with E-state index in [9.17, 15) is 0 Å². The Labute approximate surface area is 98.0 Å². The third kappa shape index (κ3) is 2.74. The van der Waals surface area contributed by atoms with E-state index in [0.717, 1.165) is 18.7 Å². The Balaban J connectivity index is 2.94.